The molecule has 9 heteroatoms. The van der Waals surface area contributed by atoms with Crippen LogP contribution < -0.4 is 19.7 Å². The van der Waals surface area contributed by atoms with Gasteiger partial charge in [0.2, 0.25) is 5.95 Å². The topological polar surface area (TPSA) is 76.8 Å². The van der Waals surface area contributed by atoms with Gasteiger partial charge in [0.25, 0.3) is 0 Å². The number of methoxy groups -OCH3 is 2. The number of fused-ring (bicyclic) bond motifs is 1. The molecule has 0 spiro atoms. The minimum atomic E-state index is 0.526. The van der Waals surface area contributed by atoms with Crippen LogP contribution in [-0.2, 0) is 13.1 Å². The summed E-state index contributed by atoms with van der Waals surface area (Å²) in [7, 11) is 3.32. The molecule has 4 aromatic rings. The Hall–Kier alpha value is -3.33. The molecule has 0 saturated heterocycles. The second-order valence-electron chi connectivity index (χ2n) is 8.48. The molecular formula is C27H31BrN6O2. The average molecular weight is 551 g/mol. The molecule has 8 nitrogen and oxygen atoms in total. The Morgan fingerprint density at radius 2 is 1.61 bits per heavy atom. The molecule has 0 atom stereocenters. The highest BCUT2D eigenvalue weighted by atomic mass is 79.9. The van der Waals surface area contributed by atoms with Crippen molar-refractivity contribution in [3.63, 3.8) is 0 Å². The Balaban J connectivity index is 1.83. The van der Waals surface area contributed by atoms with Crippen molar-refractivity contribution in [2.24, 2.45) is 0 Å². The SMILES string of the molecule is [CH2]c1ccc(OC)cc1CN(Cc1cc(OC)ccc1[CH2])c1nc(NCCCC)nn2c(Br)cnc12. The monoisotopic (exact) mass is 550 g/mol. The van der Waals surface area contributed by atoms with E-state index < -0.39 is 0 Å². The number of nitrogens with zero attached hydrogens (tertiary/aromatic N) is 5. The molecular weight excluding hydrogens is 520 g/mol. The van der Waals surface area contributed by atoms with E-state index in [4.69, 9.17) is 14.5 Å². The van der Waals surface area contributed by atoms with Crippen molar-refractivity contribution in [1.82, 2.24) is 19.6 Å². The Labute approximate surface area is 220 Å². The molecule has 2 heterocycles. The van der Waals surface area contributed by atoms with Crippen molar-refractivity contribution in [2.45, 2.75) is 32.9 Å². The summed E-state index contributed by atoms with van der Waals surface area (Å²) in [6, 6.07) is 11.8. The van der Waals surface area contributed by atoms with Crippen molar-refractivity contribution in [2.75, 3.05) is 31.0 Å². The van der Waals surface area contributed by atoms with E-state index in [9.17, 15) is 0 Å². The molecule has 0 aliphatic heterocycles. The highest BCUT2D eigenvalue weighted by molar-refractivity contribution is 9.10. The number of hydrogen-bond donors (Lipinski definition) is 1. The highest BCUT2D eigenvalue weighted by Gasteiger charge is 2.21. The predicted molar refractivity (Wildman–Crippen MR) is 147 cm³/mol. The van der Waals surface area contributed by atoms with Gasteiger partial charge in [-0.05, 0) is 82.7 Å². The third kappa shape index (κ3) is 5.73. The summed E-state index contributed by atoms with van der Waals surface area (Å²) in [5.41, 5.74) is 4.51. The maximum atomic E-state index is 5.48. The van der Waals surface area contributed by atoms with Crippen molar-refractivity contribution in [1.29, 1.82) is 0 Å². The Kier molecular flexibility index (Phi) is 8.30. The zero-order valence-electron chi connectivity index (χ0n) is 20.9. The number of ether oxygens (including phenoxy) is 2. The molecule has 1 N–H and O–H groups in total. The van der Waals surface area contributed by atoms with Gasteiger partial charge in [0.1, 0.15) is 16.1 Å². The third-order valence-electron chi connectivity index (χ3n) is 5.97. The standard InChI is InChI=1S/C27H31BrN6O2/c1-6-7-12-29-27-31-26(25-30-15-24(28)34(25)32-27)33(16-20-13-22(35-4)10-8-18(20)2)17-21-14-23(36-5)11-9-19(21)3/h8-11,13-15H,2-3,6-7,12,16-17H2,1,4-5H3,(H,29,32). The largest absolute Gasteiger partial charge is 0.497 e. The van der Waals surface area contributed by atoms with Crippen LogP contribution in [0.3, 0.4) is 0 Å². The quantitative estimate of drug-likeness (QED) is 0.240. The van der Waals surface area contributed by atoms with Gasteiger partial charge in [-0.25, -0.2) is 4.98 Å². The number of unbranched alkanes of at least 4 members (excludes halogenated alkanes) is 1. The first-order valence-electron chi connectivity index (χ1n) is 11.8. The lowest BCUT2D eigenvalue weighted by molar-refractivity contribution is 0.414. The van der Waals surface area contributed by atoms with Crippen molar-refractivity contribution < 1.29 is 9.47 Å². The first-order valence-corrected chi connectivity index (χ1v) is 12.6. The molecule has 0 aliphatic rings. The van der Waals surface area contributed by atoms with E-state index in [2.05, 4.69) is 57.0 Å². The number of benzene rings is 2. The summed E-state index contributed by atoms with van der Waals surface area (Å²) in [6.07, 6.45) is 3.83. The number of halogens is 1. The molecule has 0 saturated carbocycles. The normalized spacial score (nSPS) is 11.1. The van der Waals surface area contributed by atoms with E-state index in [1.807, 2.05) is 36.4 Å². The molecule has 0 amide bonds. The van der Waals surface area contributed by atoms with Crippen molar-refractivity contribution >= 4 is 33.3 Å². The Morgan fingerprint density at radius 3 is 2.17 bits per heavy atom. The molecule has 0 unspecified atom stereocenters. The van der Waals surface area contributed by atoms with E-state index in [1.165, 1.54) is 0 Å². The smallest absolute Gasteiger partial charge is 0.243 e. The summed E-state index contributed by atoms with van der Waals surface area (Å²) in [5.74, 6) is 2.78. The number of nitrogens with one attached hydrogen (secondary N) is 1. The van der Waals surface area contributed by atoms with Crippen LogP contribution >= 0.6 is 15.9 Å². The van der Waals surface area contributed by atoms with Gasteiger partial charge in [-0.3, -0.25) is 0 Å². The molecule has 2 aromatic heterocycles. The molecule has 188 valence electrons. The van der Waals surface area contributed by atoms with Crippen LogP contribution in [-0.4, -0.2) is 40.3 Å². The molecule has 0 bridgehead atoms. The van der Waals surface area contributed by atoms with Gasteiger partial charge in [-0.15, -0.1) is 5.10 Å². The van der Waals surface area contributed by atoms with Gasteiger partial charge < -0.3 is 19.7 Å². The van der Waals surface area contributed by atoms with E-state index in [0.717, 1.165) is 57.7 Å². The van der Waals surface area contributed by atoms with E-state index in [-0.39, 0.29) is 0 Å². The molecule has 36 heavy (non-hydrogen) atoms. The van der Waals surface area contributed by atoms with Gasteiger partial charge in [0, 0.05) is 19.6 Å². The van der Waals surface area contributed by atoms with Gasteiger partial charge in [-0.2, -0.15) is 9.50 Å². The Bertz CT molecular complexity index is 1280. The molecule has 0 fully saturated rings. The summed E-state index contributed by atoms with van der Waals surface area (Å²) < 4.78 is 13.5. The third-order valence-corrected chi connectivity index (χ3v) is 6.51. The fourth-order valence-corrected chi connectivity index (χ4v) is 4.22. The Morgan fingerprint density at radius 1 is 1.00 bits per heavy atom. The fourth-order valence-electron chi connectivity index (χ4n) is 3.87. The van der Waals surface area contributed by atoms with Crippen molar-refractivity contribution in [3.8, 4) is 11.5 Å². The van der Waals surface area contributed by atoms with Crippen molar-refractivity contribution in [3.05, 3.63) is 83.3 Å². The number of aromatic nitrogens is 4. The maximum absolute atomic E-state index is 5.48. The summed E-state index contributed by atoms with van der Waals surface area (Å²) in [6.45, 7) is 12.5. The molecule has 4 rings (SSSR count). The number of rotatable bonds is 11. The molecule has 2 aromatic carbocycles. The van der Waals surface area contributed by atoms with Gasteiger partial charge in [-0.1, -0.05) is 25.5 Å². The van der Waals surface area contributed by atoms with Crippen LogP contribution in [0.15, 0.2) is 47.2 Å². The van der Waals surface area contributed by atoms with Gasteiger partial charge >= 0.3 is 0 Å². The van der Waals surface area contributed by atoms with Crippen LogP contribution in [0.2, 0.25) is 0 Å². The van der Waals surface area contributed by atoms with Crippen LogP contribution in [0.5, 0.6) is 11.5 Å². The number of hydrogen-bond acceptors (Lipinski definition) is 7. The van der Waals surface area contributed by atoms with Crippen LogP contribution in [0.1, 0.15) is 42.0 Å². The van der Waals surface area contributed by atoms with Gasteiger partial charge in [0.05, 0.1) is 20.4 Å². The minimum Gasteiger partial charge on any atom is -0.497 e. The van der Waals surface area contributed by atoms with Gasteiger partial charge in [0.15, 0.2) is 11.5 Å². The summed E-state index contributed by atoms with van der Waals surface area (Å²) in [5, 5.41) is 8.00. The average Bonchev–Trinajstić information content (AvgIpc) is 3.26. The zero-order chi connectivity index (χ0) is 25.7. The molecule has 2 radical (unpaired) electrons. The summed E-state index contributed by atoms with van der Waals surface area (Å²) >= 11 is 3.57. The van der Waals surface area contributed by atoms with E-state index in [1.54, 1.807) is 24.9 Å². The predicted octanol–water partition coefficient (Wildman–Crippen LogP) is 5.69. The fraction of sp³-hybridized carbons (Fsp3) is 0.296. The van der Waals surface area contributed by atoms with E-state index >= 15 is 0 Å². The maximum Gasteiger partial charge on any atom is 0.243 e. The lowest BCUT2D eigenvalue weighted by Gasteiger charge is -2.26. The van der Waals surface area contributed by atoms with Crippen LogP contribution in [0, 0.1) is 13.8 Å². The molecule has 0 aliphatic carbocycles. The van der Waals surface area contributed by atoms with Crippen LogP contribution in [0.25, 0.3) is 5.65 Å². The first kappa shape index (κ1) is 25.8. The second kappa shape index (κ2) is 11.6. The lowest BCUT2D eigenvalue weighted by Crippen LogP contribution is -2.26. The number of imidazole rings is 1. The minimum absolute atomic E-state index is 0.526. The zero-order valence-corrected chi connectivity index (χ0v) is 22.5. The second-order valence-corrected chi connectivity index (χ2v) is 9.29. The summed E-state index contributed by atoms with van der Waals surface area (Å²) in [4.78, 5) is 11.7. The lowest BCUT2D eigenvalue weighted by atomic mass is 10.1. The first-order chi connectivity index (χ1) is 17.4. The van der Waals surface area contributed by atoms with Crippen LogP contribution in [0.4, 0.5) is 11.8 Å². The highest BCUT2D eigenvalue weighted by Crippen LogP contribution is 2.29. The van der Waals surface area contributed by atoms with E-state index in [0.29, 0.717) is 30.5 Å². The number of anilines is 2.